The molecule has 1 heterocycles. The predicted octanol–water partition coefficient (Wildman–Crippen LogP) is 5.29. The number of hydrogen-bond acceptors (Lipinski definition) is 5. The zero-order chi connectivity index (χ0) is 23.6. The summed E-state index contributed by atoms with van der Waals surface area (Å²) in [5.74, 6) is 0. The van der Waals surface area contributed by atoms with E-state index in [0.29, 0.717) is 12.0 Å². The molecule has 2 unspecified atom stereocenters. The number of aliphatic hydroxyl groups is 2. The van der Waals surface area contributed by atoms with Gasteiger partial charge in [0.1, 0.15) is 0 Å². The van der Waals surface area contributed by atoms with Crippen LogP contribution in [0.5, 0.6) is 0 Å². The number of benzene rings is 3. The van der Waals surface area contributed by atoms with Gasteiger partial charge in [0.2, 0.25) is 0 Å². The van der Waals surface area contributed by atoms with E-state index in [9.17, 15) is 0 Å². The minimum atomic E-state index is -0.375. The molecule has 0 fully saturated rings. The van der Waals surface area contributed by atoms with Gasteiger partial charge in [-0.25, -0.2) is 0 Å². The van der Waals surface area contributed by atoms with Crippen molar-refractivity contribution in [1.29, 1.82) is 5.26 Å². The summed E-state index contributed by atoms with van der Waals surface area (Å²) < 4.78 is 0. The molecule has 0 saturated carbocycles. The van der Waals surface area contributed by atoms with E-state index in [2.05, 4.69) is 17.1 Å². The first-order chi connectivity index (χ1) is 16.0. The average Bonchev–Trinajstić information content (AvgIpc) is 2.84. The number of nitriles is 1. The van der Waals surface area contributed by atoms with E-state index in [1.165, 1.54) is 0 Å². The third kappa shape index (κ3) is 7.69. The quantitative estimate of drug-likeness (QED) is 0.294. The maximum absolute atomic E-state index is 8.97. The molecular formula is C28H26IrN3O2-. The Balaban J connectivity index is 0.000000449. The van der Waals surface area contributed by atoms with Gasteiger partial charge < -0.3 is 15.2 Å². The zero-order valence-corrected chi connectivity index (χ0v) is 21.4. The predicted molar refractivity (Wildman–Crippen MR) is 130 cm³/mol. The van der Waals surface area contributed by atoms with Crippen molar-refractivity contribution in [3.05, 3.63) is 96.7 Å². The molecule has 0 amide bonds. The average molecular weight is 629 g/mol. The van der Waals surface area contributed by atoms with Crippen molar-refractivity contribution >= 4 is 0 Å². The normalized spacial score (nSPS) is 11.7. The largest absolute Gasteiger partial charge is 0.393 e. The maximum atomic E-state index is 8.97. The van der Waals surface area contributed by atoms with Gasteiger partial charge in [-0.2, -0.15) is 5.26 Å². The molecule has 4 aromatic rings. The first-order valence-corrected chi connectivity index (χ1v) is 10.7. The second-order valence-corrected chi connectivity index (χ2v) is 7.72. The van der Waals surface area contributed by atoms with E-state index in [-0.39, 0.29) is 32.3 Å². The minimum absolute atomic E-state index is 0. The van der Waals surface area contributed by atoms with Crippen molar-refractivity contribution in [1.82, 2.24) is 9.97 Å². The molecule has 0 aliphatic carbocycles. The molecule has 0 aliphatic heterocycles. The number of rotatable bonds is 5. The molecule has 0 spiro atoms. The Labute approximate surface area is 214 Å². The fourth-order valence-corrected chi connectivity index (χ4v) is 3.27. The zero-order valence-electron chi connectivity index (χ0n) is 19.0. The van der Waals surface area contributed by atoms with E-state index in [1.54, 1.807) is 32.2 Å². The number of aromatic nitrogens is 2. The van der Waals surface area contributed by atoms with Gasteiger partial charge in [-0.3, -0.25) is 4.98 Å². The van der Waals surface area contributed by atoms with E-state index < -0.39 is 0 Å². The van der Waals surface area contributed by atoms with Crippen molar-refractivity contribution in [2.75, 3.05) is 0 Å². The Hall–Kier alpha value is -3.20. The monoisotopic (exact) mass is 629 g/mol. The maximum Gasteiger partial charge on any atom is 0.0991 e. The summed E-state index contributed by atoms with van der Waals surface area (Å²) in [6.07, 6.45) is 1.49. The van der Waals surface area contributed by atoms with Gasteiger partial charge in [0.25, 0.3) is 0 Å². The molecule has 0 bridgehead atoms. The van der Waals surface area contributed by atoms with Gasteiger partial charge in [-0.05, 0) is 38.0 Å². The second-order valence-electron chi connectivity index (χ2n) is 7.72. The molecule has 6 heteroatoms. The molecular weight excluding hydrogens is 603 g/mol. The van der Waals surface area contributed by atoms with Gasteiger partial charge >= 0.3 is 0 Å². The molecule has 4 rings (SSSR count). The summed E-state index contributed by atoms with van der Waals surface area (Å²) in [6, 6.07) is 30.5. The van der Waals surface area contributed by atoms with Crippen molar-refractivity contribution < 1.29 is 30.3 Å². The number of hydrogen-bond donors (Lipinski definition) is 2. The smallest absolute Gasteiger partial charge is 0.0991 e. The van der Waals surface area contributed by atoms with Gasteiger partial charge in [-0.1, -0.05) is 42.5 Å². The van der Waals surface area contributed by atoms with Gasteiger partial charge in [0.05, 0.1) is 35.2 Å². The molecule has 3 aromatic carbocycles. The Morgan fingerprint density at radius 2 is 1.50 bits per heavy atom. The van der Waals surface area contributed by atoms with Crippen LogP contribution in [0.15, 0.2) is 85.1 Å². The molecule has 34 heavy (non-hydrogen) atoms. The Morgan fingerprint density at radius 3 is 2.03 bits per heavy atom. The Bertz CT molecular complexity index is 1180. The van der Waals surface area contributed by atoms with Gasteiger partial charge in [0, 0.05) is 37.6 Å². The first-order valence-electron chi connectivity index (χ1n) is 10.7. The molecule has 175 valence electrons. The van der Waals surface area contributed by atoms with Crippen molar-refractivity contribution in [2.24, 2.45) is 0 Å². The van der Waals surface area contributed by atoms with Crippen LogP contribution in [0, 0.1) is 17.4 Å². The molecule has 2 atom stereocenters. The van der Waals surface area contributed by atoms with Crippen LogP contribution in [-0.4, -0.2) is 32.4 Å². The van der Waals surface area contributed by atoms with Crippen LogP contribution in [0.1, 0.15) is 25.8 Å². The van der Waals surface area contributed by atoms with E-state index in [1.807, 2.05) is 66.7 Å². The molecule has 1 aromatic heterocycles. The summed E-state index contributed by atoms with van der Waals surface area (Å²) in [4.78, 5) is 9.57. The standard InChI is InChI=1S/C23H14N3.C5H12O2.Ir/c24-15-17-11-13-18(14-12-17)21-16-25-22(19-7-3-1-4-8-19)23(26-21)20-9-5-2-6-10-20;1-4(6)3-5(2)7;/h1-7,9-14,16H;4-7H,3H2,1-2H3;/q-1;;. The molecule has 1 radical (unpaired) electrons. The molecule has 5 nitrogen and oxygen atoms in total. The Morgan fingerprint density at radius 1 is 0.853 bits per heavy atom. The third-order valence-electron chi connectivity index (χ3n) is 4.78. The van der Waals surface area contributed by atoms with Crippen LogP contribution in [0.3, 0.4) is 0 Å². The Kier molecular flexibility index (Phi) is 10.7. The molecule has 0 saturated heterocycles. The van der Waals surface area contributed by atoms with Gasteiger partial charge in [-0.15, -0.1) is 35.9 Å². The summed E-state index contributed by atoms with van der Waals surface area (Å²) in [7, 11) is 0. The van der Waals surface area contributed by atoms with Crippen LogP contribution in [0.2, 0.25) is 0 Å². The van der Waals surface area contributed by atoms with Crippen molar-refractivity contribution in [3.8, 4) is 39.8 Å². The molecule has 0 aliphatic rings. The summed E-state index contributed by atoms with van der Waals surface area (Å²) in [5, 5.41) is 26.1. The van der Waals surface area contributed by atoms with E-state index >= 15 is 0 Å². The molecule has 2 N–H and O–H groups in total. The van der Waals surface area contributed by atoms with E-state index in [4.69, 9.17) is 20.5 Å². The third-order valence-corrected chi connectivity index (χ3v) is 4.78. The van der Waals surface area contributed by atoms with Crippen molar-refractivity contribution in [2.45, 2.75) is 32.5 Å². The number of nitrogens with zero attached hydrogens (tertiary/aromatic N) is 3. The minimum Gasteiger partial charge on any atom is -0.393 e. The van der Waals surface area contributed by atoms with Crippen LogP contribution in [0.25, 0.3) is 33.8 Å². The fraction of sp³-hybridized carbons (Fsp3) is 0.179. The summed E-state index contributed by atoms with van der Waals surface area (Å²) >= 11 is 0. The van der Waals surface area contributed by atoms with Crippen LogP contribution < -0.4 is 0 Å². The van der Waals surface area contributed by atoms with E-state index in [0.717, 1.165) is 33.8 Å². The van der Waals surface area contributed by atoms with Gasteiger partial charge in [0.15, 0.2) is 0 Å². The fourth-order valence-electron chi connectivity index (χ4n) is 3.27. The van der Waals surface area contributed by atoms with Crippen LogP contribution >= 0.6 is 0 Å². The summed E-state index contributed by atoms with van der Waals surface area (Å²) in [5.41, 5.74) is 5.85. The number of aliphatic hydroxyl groups excluding tert-OH is 2. The second kappa shape index (κ2) is 13.5. The first kappa shape index (κ1) is 27.0. The SMILES string of the molecule is CC(O)CC(C)O.N#Cc1ccc(-c2cnc(-c3[c-]cccc3)c(-c3ccccc3)n2)cc1.[Ir]. The topological polar surface area (TPSA) is 90.0 Å². The van der Waals surface area contributed by atoms with Crippen molar-refractivity contribution in [3.63, 3.8) is 0 Å². The van der Waals surface area contributed by atoms with Crippen LogP contribution in [-0.2, 0) is 20.1 Å². The van der Waals surface area contributed by atoms with Crippen LogP contribution in [0.4, 0.5) is 0 Å². The summed E-state index contributed by atoms with van der Waals surface area (Å²) in [6.45, 7) is 3.32.